The molecule has 0 aliphatic carbocycles. The third-order valence-corrected chi connectivity index (χ3v) is 5.80. The highest BCUT2D eigenvalue weighted by Crippen LogP contribution is 2.30. The van der Waals surface area contributed by atoms with Crippen LogP contribution in [0.5, 0.6) is 5.75 Å². The fraction of sp³-hybridized carbons (Fsp3) is 0.118. The van der Waals surface area contributed by atoms with E-state index in [0.717, 1.165) is 0 Å². The van der Waals surface area contributed by atoms with Gasteiger partial charge in [0.1, 0.15) is 10.2 Å². The molecule has 0 unspecified atom stereocenters. The molecule has 6 nitrogen and oxygen atoms in total. The van der Waals surface area contributed by atoms with Crippen molar-refractivity contribution in [2.24, 2.45) is 0 Å². The number of benzene rings is 2. The average molecular weight is 424 g/mol. The molecule has 0 spiro atoms. The molecule has 1 aliphatic heterocycles. The zero-order valence-corrected chi connectivity index (χ0v) is 15.5. The van der Waals surface area contributed by atoms with Gasteiger partial charge in [0.25, 0.3) is 0 Å². The summed E-state index contributed by atoms with van der Waals surface area (Å²) in [5.41, 5.74) is 0.584. The first-order chi connectivity index (χ1) is 11.9. The maximum atomic E-state index is 12.5. The SMILES string of the molecule is Cc1ccccc1S(=O)(=O)N[C@H]1OC(=O)C(Oc2ccccc2)=C1Br. The summed E-state index contributed by atoms with van der Waals surface area (Å²) >= 11 is 3.19. The fourth-order valence-corrected chi connectivity index (χ4v) is 4.19. The molecule has 0 saturated carbocycles. The standard InChI is InChI=1S/C17H14BrNO5S/c1-11-7-5-6-10-13(11)25(21,22)19-16-14(18)15(17(20)24-16)23-12-8-3-2-4-9-12/h2-10,16,19H,1H3/t16-/m0/s1. The number of nitrogens with one attached hydrogen (secondary N) is 1. The number of ether oxygens (including phenoxy) is 2. The quantitative estimate of drug-likeness (QED) is 0.747. The predicted octanol–water partition coefficient (Wildman–Crippen LogP) is 2.84. The first kappa shape index (κ1) is 17.7. The van der Waals surface area contributed by atoms with E-state index in [0.29, 0.717) is 11.3 Å². The largest absolute Gasteiger partial charge is 0.449 e. The van der Waals surface area contributed by atoms with E-state index >= 15 is 0 Å². The highest BCUT2D eigenvalue weighted by molar-refractivity contribution is 9.11. The summed E-state index contributed by atoms with van der Waals surface area (Å²) in [6, 6.07) is 15.2. The van der Waals surface area contributed by atoms with E-state index in [-0.39, 0.29) is 15.1 Å². The van der Waals surface area contributed by atoms with E-state index in [1.165, 1.54) is 6.07 Å². The number of hydrogen-bond donors (Lipinski definition) is 1. The number of hydrogen-bond acceptors (Lipinski definition) is 5. The van der Waals surface area contributed by atoms with E-state index in [9.17, 15) is 13.2 Å². The van der Waals surface area contributed by atoms with Gasteiger partial charge in [-0.1, -0.05) is 36.4 Å². The fourth-order valence-electron chi connectivity index (χ4n) is 2.26. The molecular weight excluding hydrogens is 410 g/mol. The minimum atomic E-state index is -3.87. The van der Waals surface area contributed by atoms with Gasteiger partial charge in [0.05, 0.1) is 4.90 Å². The smallest absolute Gasteiger partial charge is 0.377 e. The lowest BCUT2D eigenvalue weighted by Gasteiger charge is -2.14. The summed E-state index contributed by atoms with van der Waals surface area (Å²) in [5.74, 6) is -0.411. The van der Waals surface area contributed by atoms with E-state index < -0.39 is 22.2 Å². The third kappa shape index (κ3) is 3.76. The monoisotopic (exact) mass is 423 g/mol. The molecule has 0 saturated heterocycles. The van der Waals surface area contributed by atoms with Crippen molar-refractivity contribution in [2.45, 2.75) is 18.0 Å². The van der Waals surface area contributed by atoms with Crippen molar-refractivity contribution in [1.29, 1.82) is 0 Å². The van der Waals surface area contributed by atoms with Crippen LogP contribution in [0, 0.1) is 6.92 Å². The summed E-state index contributed by atoms with van der Waals surface area (Å²) in [4.78, 5) is 12.1. The van der Waals surface area contributed by atoms with Gasteiger partial charge < -0.3 is 9.47 Å². The van der Waals surface area contributed by atoms with Crippen LogP contribution in [-0.4, -0.2) is 20.6 Å². The van der Waals surface area contributed by atoms with Crippen molar-refractivity contribution in [1.82, 2.24) is 4.72 Å². The van der Waals surface area contributed by atoms with Crippen LogP contribution in [0.3, 0.4) is 0 Å². The highest BCUT2D eigenvalue weighted by atomic mass is 79.9. The molecule has 0 fully saturated rings. The van der Waals surface area contributed by atoms with Gasteiger partial charge in [0.2, 0.25) is 22.0 Å². The number of halogens is 1. The molecule has 8 heteroatoms. The molecule has 1 heterocycles. The van der Waals surface area contributed by atoms with Crippen LogP contribution in [0.1, 0.15) is 5.56 Å². The van der Waals surface area contributed by atoms with Gasteiger partial charge in [-0.3, -0.25) is 0 Å². The van der Waals surface area contributed by atoms with Crippen LogP contribution < -0.4 is 9.46 Å². The number of aryl methyl sites for hydroxylation is 1. The molecule has 0 amide bonds. The van der Waals surface area contributed by atoms with Crippen LogP contribution in [0.2, 0.25) is 0 Å². The molecule has 3 rings (SSSR count). The molecule has 0 bridgehead atoms. The molecule has 0 aromatic heterocycles. The van der Waals surface area contributed by atoms with Crippen LogP contribution in [0.4, 0.5) is 0 Å². The van der Waals surface area contributed by atoms with Crippen molar-refractivity contribution < 1.29 is 22.7 Å². The maximum absolute atomic E-state index is 12.5. The summed E-state index contributed by atoms with van der Waals surface area (Å²) in [6.07, 6.45) is -1.18. The van der Waals surface area contributed by atoms with Crippen LogP contribution in [0.25, 0.3) is 0 Å². The van der Waals surface area contributed by atoms with Crippen molar-refractivity contribution >= 4 is 31.9 Å². The number of para-hydroxylation sites is 1. The van der Waals surface area contributed by atoms with Gasteiger partial charge >= 0.3 is 5.97 Å². The average Bonchev–Trinajstić information content (AvgIpc) is 2.83. The number of sulfonamides is 1. The number of carbonyl (C=O) groups is 1. The summed E-state index contributed by atoms with van der Waals surface area (Å²) in [5, 5.41) is 0. The summed E-state index contributed by atoms with van der Waals surface area (Å²) in [7, 11) is -3.87. The van der Waals surface area contributed by atoms with E-state index in [4.69, 9.17) is 9.47 Å². The second kappa shape index (κ2) is 6.99. The normalized spacial score (nSPS) is 17.5. The predicted molar refractivity (Wildman–Crippen MR) is 94.4 cm³/mol. The molecule has 130 valence electrons. The van der Waals surface area contributed by atoms with E-state index in [1.807, 2.05) is 6.07 Å². The van der Waals surface area contributed by atoms with Gasteiger partial charge in [-0.25, -0.2) is 13.2 Å². The molecule has 0 radical (unpaired) electrons. The molecular formula is C17H14BrNO5S. The van der Waals surface area contributed by atoms with E-state index in [1.54, 1.807) is 49.4 Å². The Hall–Kier alpha value is -2.16. The maximum Gasteiger partial charge on any atom is 0.377 e. The minimum absolute atomic E-state index is 0.0938. The van der Waals surface area contributed by atoms with Crippen LogP contribution in [-0.2, 0) is 19.6 Å². The lowest BCUT2D eigenvalue weighted by molar-refractivity contribution is -0.141. The second-order valence-electron chi connectivity index (χ2n) is 5.26. The van der Waals surface area contributed by atoms with E-state index in [2.05, 4.69) is 20.7 Å². The van der Waals surface area contributed by atoms with Crippen molar-refractivity contribution in [3.63, 3.8) is 0 Å². The second-order valence-corrected chi connectivity index (χ2v) is 7.80. The van der Waals surface area contributed by atoms with Gasteiger partial charge in [-0.05, 0) is 46.6 Å². The van der Waals surface area contributed by atoms with Gasteiger partial charge in [-0.2, -0.15) is 4.72 Å². The molecule has 2 aromatic rings. The number of esters is 1. The Balaban J connectivity index is 1.84. The van der Waals surface area contributed by atoms with Crippen LogP contribution in [0.15, 0.2) is 69.7 Å². The number of carbonyl (C=O) groups excluding carboxylic acids is 1. The van der Waals surface area contributed by atoms with Crippen molar-refractivity contribution in [3.8, 4) is 5.75 Å². The molecule has 1 N–H and O–H groups in total. The Morgan fingerprint density at radius 1 is 1.08 bits per heavy atom. The zero-order chi connectivity index (χ0) is 18.0. The Bertz CT molecular complexity index is 941. The van der Waals surface area contributed by atoms with Crippen molar-refractivity contribution in [2.75, 3.05) is 0 Å². The Morgan fingerprint density at radius 3 is 2.40 bits per heavy atom. The summed E-state index contributed by atoms with van der Waals surface area (Å²) in [6.45, 7) is 1.68. The molecule has 25 heavy (non-hydrogen) atoms. The first-order valence-corrected chi connectivity index (χ1v) is 9.57. The highest BCUT2D eigenvalue weighted by Gasteiger charge is 2.38. The molecule has 2 aromatic carbocycles. The lowest BCUT2D eigenvalue weighted by atomic mass is 10.2. The topological polar surface area (TPSA) is 81.7 Å². The lowest BCUT2D eigenvalue weighted by Crippen LogP contribution is -2.35. The molecule has 1 atom stereocenters. The third-order valence-electron chi connectivity index (χ3n) is 3.47. The number of cyclic esters (lactones) is 1. The minimum Gasteiger partial charge on any atom is -0.449 e. The van der Waals surface area contributed by atoms with Gasteiger partial charge in [-0.15, -0.1) is 0 Å². The molecule has 1 aliphatic rings. The first-order valence-electron chi connectivity index (χ1n) is 7.30. The summed E-state index contributed by atoms with van der Waals surface area (Å²) < 4.78 is 38.2. The van der Waals surface area contributed by atoms with Crippen molar-refractivity contribution in [3.05, 3.63) is 70.4 Å². The van der Waals surface area contributed by atoms with Gasteiger partial charge in [0.15, 0.2) is 0 Å². The Labute approximate surface area is 153 Å². The Kier molecular flexibility index (Phi) is 4.94. The Morgan fingerprint density at radius 2 is 1.72 bits per heavy atom. The zero-order valence-electron chi connectivity index (χ0n) is 13.1. The van der Waals surface area contributed by atoms with Gasteiger partial charge in [0, 0.05) is 0 Å². The number of rotatable bonds is 5. The van der Waals surface area contributed by atoms with Crippen LogP contribution >= 0.6 is 15.9 Å².